The van der Waals surface area contributed by atoms with Crippen LogP contribution >= 0.6 is 0 Å². The monoisotopic (exact) mass is 470 g/mol. The molecule has 3 aromatic carbocycles. The Morgan fingerprint density at radius 1 is 0.886 bits per heavy atom. The molecule has 0 spiro atoms. The average molecular weight is 471 g/mol. The molecule has 3 rings (SSSR count). The maximum atomic E-state index is 11.9. The van der Waals surface area contributed by atoms with Crippen molar-refractivity contribution in [2.75, 3.05) is 0 Å². The van der Waals surface area contributed by atoms with Crippen molar-refractivity contribution in [1.29, 1.82) is 0 Å². The van der Waals surface area contributed by atoms with Crippen molar-refractivity contribution in [3.8, 4) is 39.5 Å². The highest BCUT2D eigenvalue weighted by molar-refractivity contribution is 5.89. The molecule has 0 unspecified atom stereocenters. The molecule has 0 bridgehead atoms. The summed E-state index contributed by atoms with van der Waals surface area (Å²) in [6.45, 7) is 14.0. The fraction of sp³-hybridized carbons (Fsp3) is 0.103. The molecule has 0 amide bonds. The first-order valence-corrected chi connectivity index (χ1v) is 10.7. The summed E-state index contributed by atoms with van der Waals surface area (Å²) in [5, 5.41) is 21.2. The van der Waals surface area contributed by atoms with Gasteiger partial charge in [0.15, 0.2) is 0 Å². The zero-order valence-corrected chi connectivity index (χ0v) is 19.6. The quantitative estimate of drug-likeness (QED) is 0.229. The largest absolute Gasteiger partial charge is 0.508 e. The lowest BCUT2D eigenvalue weighted by Crippen LogP contribution is -2.05. The van der Waals surface area contributed by atoms with Gasteiger partial charge in [-0.25, -0.2) is 4.79 Å². The molecule has 2 N–H and O–H groups in total. The van der Waals surface area contributed by atoms with Crippen LogP contribution in [0.1, 0.15) is 30.5 Å². The minimum atomic E-state index is -0.546. The van der Waals surface area contributed by atoms with E-state index in [4.69, 9.17) is 9.47 Å². The predicted molar refractivity (Wildman–Crippen MR) is 137 cm³/mol. The SMILES string of the molecule is C=Cc1ccc(OC(C)=O)c(-c2cc(O)c(-c3cc(O)ccc3COC(=O)C(=C)C)cc2C=C)c1. The Morgan fingerprint density at radius 3 is 2.26 bits per heavy atom. The Balaban J connectivity index is 2.17. The van der Waals surface area contributed by atoms with E-state index < -0.39 is 11.9 Å². The first-order chi connectivity index (χ1) is 16.6. The molecule has 0 saturated heterocycles. The third-order valence-electron chi connectivity index (χ3n) is 5.26. The maximum absolute atomic E-state index is 11.9. The van der Waals surface area contributed by atoms with E-state index in [0.29, 0.717) is 39.1 Å². The summed E-state index contributed by atoms with van der Waals surface area (Å²) >= 11 is 0. The molecule has 0 heterocycles. The number of phenols is 2. The van der Waals surface area contributed by atoms with E-state index in [1.807, 2.05) is 0 Å². The molecule has 178 valence electrons. The van der Waals surface area contributed by atoms with Crippen molar-refractivity contribution in [3.05, 3.63) is 90.5 Å². The molecule has 0 fully saturated rings. The lowest BCUT2D eigenvalue weighted by Gasteiger charge is -2.17. The fourth-order valence-corrected chi connectivity index (χ4v) is 3.56. The van der Waals surface area contributed by atoms with E-state index in [0.717, 1.165) is 5.56 Å². The lowest BCUT2D eigenvalue weighted by atomic mass is 9.91. The van der Waals surface area contributed by atoms with Crippen molar-refractivity contribution in [1.82, 2.24) is 0 Å². The maximum Gasteiger partial charge on any atom is 0.333 e. The Labute approximate surface area is 204 Å². The van der Waals surface area contributed by atoms with Crippen LogP contribution in [0, 0.1) is 0 Å². The summed E-state index contributed by atoms with van der Waals surface area (Å²) in [4.78, 5) is 23.5. The zero-order chi connectivity index (χ0) is 25.7. The molecule has 0 aliphatic heterocycles. The van der Waals surface area contributed by atoms with E-state index in [1.165, 1.54) is 25.1 Å². The van der Waals surface area contributed by atoms with E-state index in [1.54, 1.807) is 49.4 Å². The molecule has 0 saturated carbocycles. The predicted octanol–water partition coefficient (Wildman–Crippen LogP) is 6.26. The molecule has 35 heavy (non-hydrogen) atoms. The summed E-state index contributed by atoms with van der Waals surface area (Å²) in [5.41, 5.74) is 4.30. The standard InChI is InChI=1S/C29H26O6/c1-6-19-8-11-28(35-18(5)30)26(12-19)24-15-27(32)25(13-20(24)7-2)23-14-22(31)10-9-21(23)16-34-29(33)17(3)4/h6-15,31-32H,1-3,16H2,4-5H3. The summed E-state index contributed by atoms with van der Waals surface area (Å²) in [6, 6.07) is 13.0. The van der Waals surface area contributed by atoms with Crippen LogP contribution in [-0.4, -0.2) is 22.2 Å². The Bertz CT molecular complexity index is 1350. The highest BCUT2D eigenvalue weighted by atomic mass is 16.5. The smallest absolute Gasteiger partial charge is 0.333 e. The molecule has 0 aromatic heterocycles. The number of hydrogen-bond donors (Lipinski definition) is 2. The van der Waals surface area contributed by atoms with E-state index in [2.05, 4.69) is 19.7 Å². The first kappa shape index (κ1) is 25.1. The van der Waals surface area contributed by atoms with Gasteiger partial charge in [-0.15, -0.1) is 0 Å². The second-order valence-corrected chi connectivity index (χ2v) is 7.91. The van der Waals surface area contributed by atoms with Gasteiger partial charge in [0.05, 0.1) is 0 Å². The van der Waals surface area contributed by atoms with E-state index >= 15 is 0 Å². The topological polar surface area (TPSA) is 93.1 Å². The minimum absolute atomic E-state index is 0.0190. The van der Waals surface area contributed by atoms with E-state index in [-0.39, 0.29) is 23.7 Å². The van der Waals surface area contributed by atoms with Crippen molar-refractivity contribution in [2.24, 2.45) is 0 Å². The van der Waals surface area contributed by atoms with Crippen LogP contribution in [-0.2, 0) is 20.9 Å². The van der Waals surface area contributed by atoms with Gasteiger partial charge in [0.25, 0.3) is 0 Å². The van der Waals surface area contributed by atoms with Crippen molar-refractivity contribution >= 4 is 24.1 Å². The molecule has 0 aliphatic carbocycles. The molecule has 6 nitrogen and oxygen atoms in total. The van der Waals surface area contributed by atoms with Crippen LogP contribution in [0.5, 0.6) is 17.2 Å². The van der Waals surface area contributed by atoms with Crippen molar-refractivity contribution in [3.63, 3.8) is 0 Å². The van der Waals surface area contributed by atoms with Gasteiger partial charge in [0.2, 0.25) is 0 Å². The van der Waals surface area contributed by atoms with Crippen LogP contribution < -0.4 is 4.74 Å². The second kappa shape index (κ2) is 10.6. The number of rotatable bonds is 8. The normalized spacial score (nSPS) is 10.3. The van der Waals surface area contributed by atoms with Gasteiger partial charge in [-0.1, -0.05) is 44.0 Å². The minimum Gasteiger partial charge on any atom is -0.508 e. The molecule has 6 heteroatoms. The van der Waals surface area contributed by atoms with Gasteiger partial charge < -0.3 is 19.7 Å². The molecule has 3 aromatic rings. The second-order valence-electron chi connectivity index (χ2n) is 7.91. The number of hydrogen-bond acceptors (Lipinski definition) is 6. The summed E-state index contributed by atoms with van der Waals surface area (Å²) in [6.07, 6.45) is 3.27. The van der Waals surface area contributed by atoms with E-state index in [9.17, 15) is 19.8 Å². The highest BCUT2D eigenvalue weighted by Crippen LogP contribution is 2.42. The van der Waals surface area contributed by atoms with Crippen molar-refractivity contribution < 1.29 is 29.3 Å². The number of phenolic OH excluding ortho intramolecular Hbond substituents is 2. The molecular formula is C29H26O6. The lowest BCUT2D eigenvalue weighted by molar-refractivity contribution is -0.140. The number of aromatic hydroxyl groups is 2. The fourth-order valence-electron chi connectivity index (χ4n) is 3.56. The summed E-state index contributed by atoms with van der Waals surface area (Å²) < 4.78 is 10.7. The Kier molecular flexibility index (Phi) is 7.56. The highest BCUT2D eigenvalue weighted by Gasteiger charge is 2.18. The van der Waals surface area contributed by atoms with Gasteiger partial charge in [-0.2, -0.15) is 0 Å². The number of benzene rings is 3. The van der Waals surface area contributed by atoms with Gasteiger partial charge >= 0.3 is 11.9 Å². The number of ether oxygens (including phenoxy) is 2. The van der Waals surface area contributed by atoms with Gasteiger partial charge in [-0.05, 0) is 71.1 Å². The number of esters is 2. The van der Waals surface area contributed by atoms with Gasteiger partial charge in [0.1, 0.15) is 23.9 Å². The van der Waals surface area contributed by atoms with Crippen LogP contribution in [0.4, 0.5) is 0 Å². The number of carbonyl (C=O) groups is 2. The average Bonchev–Trinajstić information content (AvgIpc) is 2.82. The third-order valence-corrected chi connectivity index (χ3v) is 5.26. The van der Waals surface area contributed by atoms with Gasteiger partial charge in [0, 0.05) is 23.6 Å². The third kappa shape index (κ3) is 5.68. The number of carbonyl (C=O) groups excluding carboxylic acids is 2. The Hall–Kier alpha value is -4.58. The Morgan fingerprint density at radius 2 is 1.63 bits per heavy atom. The first-order valence-electron chi connectivity index (χ1n) is 10.7. The van der Waals surface area contributed by atoms with Crippen LogP contribution in [0.3, 0.4) is 0 Å². The van der Waals surface area contributed by atoms with Crippen molar-refractivity contribution in [2.45, 2.75) is 20.5 Å². The summed E-state index contributed by atoms with van der Waals surface area (Å²) in [5.74, 6) is -0.818. The van der Waals surface area contributed by atoms with Gasteiger partial charge in [-0.3, -0.25) is 4.79 Å². The molecular weight excluding hydrogens is 444 g/mol. The van der Waals surface area contributed by atoms with Crippen LogP contribution in [0.25, 0.3) is 34.4 Å². The molecule has 0 aliphatic rings. The van der Waals surface area contributed by atoms with Crippen LogP contribution in [0.2, 0.25) is 0 Å². The zero-order valence-electron chi connectivity index (χ0n) is 19.6. The molecule has 0 atom stereocenters. The van der Waals surface area contributed by atoms with Crippen LogP contribution in [0.15, 0.2) is 73.8 Å². The molecule has 0 radical (unpaired) electrons. The summed E-state index contributed by atoms with van der Waals surface area (Å²) in [7, 11) is 0.